The third-order valence-corrected chi connectivity index (χ3v) is 4.63. The molecule has 1 saturated heterocycles. The Kier molecular flexibility index (Phi) is 6.05. The lowest BCUT2D eigenvalue weighted by molar-refractivity contribution is -0.134. The maximum absolute atomic E-state index is 12.7. The topological polar surface area (TPSA) is 78.9 Å². The number of carbonyl (C=O) groups is 1. The van der Waals surface area contributed by atoms with Gasteiger partial charge in [-0.25, -0.2) is 0 Å². The van der Waals surface area contributed by atoms with Gasteiger partial charge in [0.15, 0.2) is 5.84 Å². The molecule has 0 aromatic carbocycles. The SMILES string of the molecule is CC(C)C(C(=O)N1CCCC(C(C)(C)C)CC1)C(N)=NO. The van der Waals surface area contributed by atoms with E-state index in [1.165, 1.54) is 0 Å². The molecule has 0 saturated carbocycles. The number of hydrogen-bond acceptors (Lipinski definition) is 3. The van der Waals surface area contributed by atoms with Crippen molar-refractivity contribution in [1.82, 2.24) is 4.90 Å². The second-order valence-corrected chi connectivity index (χ2v) is 7.57. The highest BCUT2D eigenvalue weighted by molar-refractivity contribution is 6.02. The van der Waals surface area contributed by atoms with Crippen LogP contribution in [0.1, 0.15) is 53.9 Å². The summed E-state index contributed by atoms with van der Waals surface area (Å²) in [6, 6.07) is 0. The second-order valence-electron chi connectivity index (χ2n) is 7.57. The van der Waals surface area contributed by atoms with E-state index in [-0.39, 0.29) is 23.1 Å². The number of nitrogens with two attached hydrogens (primary N) is 1. The van der Waals surface area contributed by atoms with Gasteiger partial charge in [0.25, 0.3) is 0 Å². The maximum Gasteiger partial charge on any atom is 0.233 e. The molecule has 1 amide bonds. The van der Waals surface area contributed by atoms with Crippen LogP contribution in [0.3, 0.4) is 0 Å². The Morgan fingerprint density at radius 1 is 1.29 bits per heavy atom. The number of amides is 1. The average Bonchev–Trinajstić information content (AvgIpc) is 2.63. The molecular weight excluding hydrogens is 266 g/mol. The van der Waals surface area contributed by atoms with E-state index in [0.717, 1.165) is 32.4 Å². The largest absolute Gasteiger partial charge is 0.409 e. The van der Waals surface area contributed by atoms with E-state index >= 15 is 0 Å². The van der Waals surface area contributed by atoms with Gasteiger partial charge in [0.2, 0.25) is 5.91 Å². The first kappa shape index (κ1) is 17.8. The molecule has 0 aromatic heterocycles. The second kappa shape index (κ2) is 7.14. The Labute approximate surface area is 128 Å². The molecule has 1 rings (SSSR count). The molecule has 0 bridgehead atoms. The van der Waals surface area contributed by atoms with Crippen LogP contribution in [0.15, 0.2) is 5.16 Å². The summed E-state index contributed by atoms with van der Waals surface area (Å²) in [5, 5.41) is 11.9. The summed E-state index contributed by atoms with van der Waals surface area (Å²) in [6.45, 7) is 12.2. The van der Waals surface area contributed by atoms with Crippen molar-refractivity contribution in [2.24, 2.45) is 34.1 Å². The first-order chi connectivity index (χ1) is 9.68. The smallest absolute Gasteiger partial charge is 0.233 e. The number of rotatable bonds is 3. The van der Waals surface area contributed by atoms with Crippen LogP contribution < -0.4 is 5.73 Å². The molecule has 122 valence electrons. The molecule has 2 atom stereocenters. The van der Waals surface area contributed by atoms with Gasteiger partial charge in [-0.15, -0.1) is 0 Å². The highest BCUT2D eigenvalue weighted by Gasteiger charge is 2.33. The van der Waals surface area contributed by atoms with Crippen LogP contribution in [0, 0.1) is 23.2 Å². The van der Waals surface area contributed by atoms with Gasteiger partial charge in [-0.2, -0.15) is 0 Å². The van der Waals surface area contributed by atoms with Crippen LogP contribution in [-0.4, -0.2) is 34.9 Å². The number of hydrogen-bond donors (Lipinski definition) is 2. The zero-order valence-electron chi connectivity index (χ0n) is 14.1. The quantitative estimate of drug-likeness (QED) is 0.364. The summed E-state index contributed by atoms with van der Waals surface area (Å²) >= 11 is 0. The van der Waals surface area contributed by atoms with Crippen LogP contribution >= 0.6 is 0 Å². The van der Waals surface area contributed by atoms with E-state index < -0.39 is 5.92 Å². The molecule has 0 aliphatic carbocycles. The molecule has 0 aromatic rings. The van der Waals surface area contributed by atoms with Crippen LogP contribution in [0.4, 0.5) is 0 Å². The molecule has 21 heavy (non-hydrogen) atoms. The minimum atomic E-state index is -0.527. The van der Waals surface area contributed by atoms with Crippen molar-refractivity contribution in [2.45, 2.75) is 53.9 Å². The summed E-state index contributed by atoms with van der Waals surface area (Å²) in [5.74, 6) is 0.148. The number of oxime groups is 1. The van der Waals surface area contributed by atoms with Crippen molar-refractivity contribution in [3.8, 4) is 0 Å². The van der Waals surface area contributed by atoms with Gasteiger partial charge >= 0.3 is 0 Å². The minimum absolute atomic E-state index is 0.00476. The third kappa shape index (κ3) is 4.61. The van der Waals surface area contributed by atoms with Crippen LogP contribution in [-0.2, 0) is 4.79 Å². The Bertz CT molecular complexity index is 385. The first-order valence-electron chi connectivity index (χ1n) is 7.94. The number of carbonyl (C=O) groups excluding carboxylic acids is 1. The molecular formula is C16H31N3O2. The van der Waals surface area contributed by atoms with Gasteiger partial charge in [-0.1, -0.05) is 39.8 Å². The molecule has 2 unspecified atom stereocenters. The van der Waals surface area contributed by atoms with Crippen LogP contribution in [0.5, 0.6) is 0 Å². The maximum atomic E-state index is 12.7. The number of likely N-dealkylation sites (tertiary alicyclic amines) is 1. The van der Waals surface area contributed by atoms with Crippen molar-refractivity contribution in [3.63, 3.8) is 0 Å². The van der Waals surface area contributed by atoms with E-state index in [4.69, 9.17) is 10.9 Å². The summed E-state index contributed by atoms with van der Waals surface area (Å²) < 4.78 is 0. The van der Waals surface area contributed by atoms with Gasteiger partial charge in [-0.05, 0) is 36.5 Å². The van der Waals surface area contributed by atoms with Crippen molar-refractivity contribution in [3.05, 3.63) is 0 Å². The van der Waals surface area contributed by atoms with Crippen molar-refractivity contribution < 1.29 is 10.0 Å². The van der Waals surface area contributed by atoms with Gasteiger partial charge in [-0.3, -0.25) is 4.79 Å². The fraction of sp³-hybridized carbons (Fsp3) is 0.875. The monoisotopic (exact) mass is 297 g/mol. The minimum Gasteiger partial charge on any atom is -0.409 e. The number of amidine groups is 1. The molecule has 1 aliphatic rings. The average molecular weight is 297 g/mol. The summed E-state index contributed by atoms with van der Waals surface area (Å²) in [5.41, 5.74) is 5.99. The lowest BCUT2D eigenvalue weighted by atomic mass is 9.77. The van der Waals surface area contributed by atoms with E-state index in [1.54, 1.807) is 0 Å². The third-order valence-electron chi connectivity index (χ3n) is 4.63. The van der Waals surface area contributed by atoms with Gasteiger partial charge in [0.05, 0.1) is 0 Å². The van der Waals surface area contributed by atoms with E-state index in [0.29, 0.717) is 5.92 Å². The molecule has 1 aliphatic heterocycles. The molecule has 1 fully saturated rings. The number of nitrogens with zero attached hydrogens (tertiary/aromatic N) is 2. The molecule has 3 N–H and O–H groups in total. The first-order valence-corrected chi connectivity index (χ1v) is 7.94. The summed E-state index contributed by atoms with van der Waals surface area (Å²) in [7, 11) is 0. The zero-order valence-corrected chi connectivity index (χ0v) is 14.1. The lowest BCUT2D eigenvalue weighted by Crippen LogP contribution is -2.44. The summed E-state index contributed by atoms with van der Waals surface area (Å²) in [6.07, 6.45) is 3.20. The fourth-order valence-electron chi connectivity index (χ4n) is 3.19. The predicted molar refractivity (Wildman–Crippen MR) is 85.1 cm³/mol. The van der Waals surface area contributed by atoms with Crippen LogP contribution in [0.2, 0.25) is 0 Å². The summed E-state index contributed by atoms with van der Waals surface area (Å²) in [4.78, 5) is 14.6. The van der Waals surface area contributed by atoms with Crippen molar-refractivity contribution in [2.75, 3.05) is 13.1 Å². The van der Waals surface area contributed by atoms with Gasteiger partial charge < -0.3 is 15.8 Å². The van der Waals surface area contributed by atoms with Gasteiger partial charge in [0.1, 0.15) is 5.92 Å². The molecule has 5 nitrogen and oxygen atoms in total. The Morgan fingerprint density at radius 2 is 1.90 bits per heavy atom. The lowest BCUT2D eigenvalue weighted by Gasteiger charge is -2.30. The normalized spacial score (nSPS) is 23.0. The fourth-order valence-corrected chi connectivity index (χ4v) is 3.19. The molecule has 0 radical (unpaired) electrons. The molecule has 0 spiro atoms. The van der Waals surface area contributed by atoms with E-state index in [1.807, 2.05) is 18.7 Å². The van der Waals surface area contributed by atoms with Crippen LogP contribution in [0.25, 0.3) is 0 Å². The predicted octanol–water partition coefficient (Wildman–Crippen LogP) is 2.68. The molecule has 5 heteroatoms. The van der Waals surface area contributed by atoms with Crippen molar-refractivity contribution >= 4 is 11.7 Å². The Balaban J connectivity index is 2.79. The van der Waals surface area contributed by atoms with Crippen molar-refractivity contribution in [1.29, 1.82) is 0 Å². The highest BCUT2D eigenvalue weighted by Crippen LogP contribution is 2.34. The van der Waals surface area contributed by atoms with E-state index in [9.17, 15) is 4.79 Å². The standard InChI is InChI=1S/C16H31N3O2/c1-11(2)13(14(17)18-21)15(20)19-9-6-7-12(8-10-19)16(3,4)5/h11-13,21H,6-10H2,1-5H3,(H2,17,18). The van der Waals surface area contributed by atoms with Gasteiger partial charge in [0, 0.05) is 13.1 Å². The zero-order chi connectivity index (χ0) is 16.2. The Hall–Kier alpha value is -1.26. The Morgan fingerprint density at radius 3 is 2.38 bits per heavy atom. The van der Waals surface area contributed by atoms with E-state index in [2.05, 4.69) is 25.9 Å². The molecule has 1 heterocycles. The highest BCUT2D eigenvalue weighted by atomic mass is 16.4.